The van der Waals surface area contributed by atoms with Crippen molar-refractivity contribution in [1.29, 1.82) is 0 Å². The number of nitrogens with one attached hydrogen (secondary N) is 3. The largest absolute Gasteiger partial charge is 0.496 e. The highest BCUT2D eigenvalue weighted by Gasteiger charge is 2.15. The summed E-state index contributed by atoms with van der Waals surface area (Å²) >= 11 is 5.29. The van der Waals surface area contributed by atoms with E-state index in [9.17, 15) is 4.79 Å². The van der Waals surface area contributed by atoms with Crippen molar-refractivity contribution in [3.8, 4) is 5.75 Å². The second-order valence-corrected chi connectivity index (χ2v) is 7.26. The normalized spacial score (nSPS) is 10.5. The highest BCUT2D eigenvalue weighted by Crippen LogP contribution is 2.23. The number of para-hydroxylation sites is 1. The standard InChI is InChI=1S/C22H24N4O2S/c1-13-6-5-7-18(20(13)28-4)21(27)24-22(29)23-17-10-8-16(9-11-17)12-19-14(2)25-26-15(19)3/h5-11H,12H2,1-4H3,(H,25,26)(H2,23,24,27,29). The second kappa shape index (κ2) is 8.87. The Kier molecular flexibility index (Phi) is 6.29. The van der Waals surface area contributed by atoms with Crippen LogP contribution in [-0.2, 0) is 6.42 Å². The molecule has 0 bridgehead atoms. The molecule has 2 aromatic carbocycles. The third kappa shape index (κ3) is 4.81. The number of carbonyl (C=O) groups is 1. The van der Waals surface area contributed by atoms with Gasteiger partial charge in [-0.1, -0.05) is 24.3 Å². The molecule has 1 heterocycles. The molecule has 3 aromatic rings. The molecule has 0 saturated carbocycles. The number of thiocarbonyl (C=S) groups is 1. The van der Waals surface area contributed by atoms with Crippen LogP contribution in [0.15, 0.2) is 42.5 Å². The van der Waals surface area contributed by atoms with Crippen molar-refractivity contribution in [1.82, 2.24) is 15.5 Å². The van der Waals surface area contributed by atoms with E-state index in [4.69, 9.17) is 17.0 Å². The van der Waals surface area contributed by atoms with Crippen LogP contribution < -0.4 is 15.4 Å². The number of benzene rings is 2. The topological polar surface area (TPSA) is 79.0 Å². The quantitative estimate of drug-likeness (QED) is 0.555. The number of ether oxygens (including phenoxy) is 1. The van der Waals surface area contributed by atoms with Crippen LogP contribution in [0.4, 0.5) is 5.69 Å². The first kappa shape index (κ1) is 20.5. The SMILES string of the molecule is COc1c(C)cccc1C(=O)NC(=S)Nc1ccc(Cc2c(C)n[nH]c2C)cc1. The Hall–Kier alpha value is -3.19. The average molecular weight is 409 g/mol. The minimum Gasteiger partial charge on any atom is -0.496 e. The molecule has 0 atom stereocenters. The molecule has 0 aliphatic heterocycles. The van der Waals surface area contributed by atoms with Gasteiger partial charge in [0.1, 0.15) is 5.75 Å². The maximum atomic E-state index is 12.5. The zero-order chi connectivity index (χ0) is 21.0. The van der Waals surface area contributed by atoms with Crippen LogP contribution in [0.5, 0.6) is 5.75 Å². The van der Waals surface area contributed by atoms with Gasteiger partial charge in [-0.3, -0.25) is 15.2 Å². The molecule has 0 saturated heterocycles. The number of aromatic amines is 1. The Morgan fingerprint density at radius 1 is 1.14 bits per heavy atom. The highest BCUT2D eigenvalue weighted by atomic mass is 32.1. The molecule has 3 rings (SSSR count). The Labute approximate surface area is 175 Å². The van der Waals surface area contributed by atoms with Crippen molar-refractivity contribution in [3.05, 3.63) is 76.1 Å². The Bertz CT molecular complexity index is 1020. The van der Waals surface area contributed by atoms with E-state index in [-0.39, 0.29) is 11.0 Å². The van der Waals surface area contributed by atoms with E-state index in [1.54, 1.807) is 13.2 Å². The summed E-state index contributed by atoms with van der Waals surface area (Å²) in [6, 6.07) is 13.3. The molecular formula is C22H24N4O2S. The summed E-state index contributed by atoms with van der Waals surface area (Å²) in [5.74, 6) is 0.229. The number of hydrogen-bond acceptors (Lipinski definition) is 4. The Morgan fingerprint density at radius 3 is 2.48 bits per heavy atom. The molecule has 7 heteroatoms. The molecule has 6 nitrogen and oxygen atoms in total. The second-order valence-electron chi connectivity index (χ2n) is 6.85. The zero-order valence-corrected chi connectivity index (χ0v) is 17.7. The molecular weight excluding hydrogens is 384 g/mol. The lowest BCUT2D eigenvalue weighted by molar-refractivity contribution is 0.0974. The van der Waals surface area contributed by atoms with Crippen molar-refractivity contribution in [2.75, 3.05) is 12.4 Å². The van der Waals surface area contributed by atoms with Gasteiger partial charge in [-0.25, -0.2) is 0 Å². The first-order chi connectivity index (χ1) is 13.9. The zero-order valence-electron chi connectivity index (χ0n) is 16.9. The molecule has 29 heavy (non-hydrogen) atoms. The summed E-state index contributed by atoms with van der Waals surface area (Å²) in [6.45, 7) is 5.91. The summed E-state index contributed by atoms with van der Waals surface area (Å²) in [4.78, 5) is 12.5. The maximum absolute atomic E-state index is 12.5. The van der Waals surface area contributed by atoms with Gasteiger partial charge in [0, 0.05) is 23.4 Å². The molecule has 0 unspecified atom stereocenters. The highest BCUT2D eigenvalue weighted by molar-refractivity contribution is 7.80. The smallest absolute Gasteiger partial charge is 0.261 e. The number of hydrogen-bond donors (Lipinski definition) is 3. The van der Waals surface area contributed by atoms with Crippen LogP contribution in [-0.4, -0.2) is 28.3 Å². The lowest BCUT2D eigenvalue weighted by Gasteiger charge is -2.13. The lowest BCUT2D eigenvalue weighted by Crippen LogP contribution is -2.34. The van der Waals surface area contributed by atoms with E-state index in [0.29, 0.717) is 11.3 Å². The van der Waals surface area contributed by atoms with Crippen LogP contribution in [0.25, 0.3) is 0 Å². The summed E-state index contributed by atoms with van der Waals surface area (Å²) in [6.07, 6.45) is 0.808. The monoisotopic (exact) mass is 408 g/mol. The van der Waals surface area contributed by atoms with Crippen molar-refractivity contribution in [2.24, 2.45) is 0 Å². The van der Waals surface area contributed by atoms with Gasteiger partial charge in [-0.15, -0.1) is 0 Å². The summed E-state index contributed by atoms with van der Waals surface area (Å²) in [7, 11) is 1.55. The molecule has 1 amide bonds. The Balaban J connectivity index is 1.62. The number of carbonyl (C=O) groups excluding carboxylic acids is 1. The number of aryl methyl sites for hydroxylation is 3. The van der Waals surface area contributed by atoms with Gasteiger partial charge in [-0.2, -0.15) is 5.10 Å². The molecule has 0 radical (unpaired) electrons. The molecule has 0 aliphatic rings. The predicted octanol–water partition coefficient (Wildman–Crippen LogP) is 4.06. The van der Waals surface area contributed by atoms with Gasteiger partial charge >= 0.3 is 0 Å². The van der Waals surface area contributed by atoms with Gasteiger partial charge in [0.15, 0.2) is 5.11 Å². The number of H-pyrrole nitrogens is 1. The number of rotatable bonds is 5. The summed E-state index contributed by atoms with van der Waals surface area (Å²) in [5.41, 5.74) is 6.61. The van der Waals surface area contributed by atoms with Crippen molar-refractivity contribution in [3.63, 3.8) is 0 Å². The number of nitrogens with zero attached hydrogens (tertiary/aromatic N) is 1. The van der Waals surface area contributed by atoms with E-state index in [1.807, 2.05) is 57.2 Å². The van der Waals surface area contributed by atoms with Crippen molar-refractivity contribution < 1.29 is 9.53 Å². The minimum absolute atomic E-state index is 0.229. The fourth-order valence-electron chi connectivity index (χ4n) is 3.18. The Morgan fingerprint density at radius 2 is 1.86 bits per heavy atom. The van der Waals surface area contributed by atoms with Gasteiger partial charge in [-0.05, 0) is 62.3 Å². The van der Waals surface area contributed by atoms with Crippen molar-refractivity contribution in [2.45, 2.75) is 27.2 Å². The minimum atomic E-state index is -0.314. The van der Waals surface area contributed by atoms with Crippen LogP contribution in [0.2, 0.25) is 0 Å². The van der Waals surface area contributed by atoms with Crippen LogP contribution in [0.3, 0.4) is 0 Å². The fraction of sp³-hybridized carbons (Fsp3) is 0.227. The first-order valence-electron chi connectivity index (χ1n) is 9.24. The molecule has 0 aliphatic carbocycles. The summed E-state index contributed by atoms with van der Waals surface area (Å²) in [5, 5.41) is 13.2. The third-order valence-electron chi connectivity index (χ3n) is 4.76. The number of amides is 1. The van der Waals surface area contributed by atoms with Gasteiger partial charge in [0.2, 0.25) is 0 Å². The van der Waals surface area contributed by atoms with E-state index >= 15 is 0 Å². The molecule has 3 N–H and O–H groups in total. The molecule has 0 fully saturated rings. The van der Waals surface area contributed by atoms with Gasteiger partial charge in [0.05, 0.1) is 18.4 Å². The molecule has 1 aromatic heterocycles. The van der Waals surface area contributed by atoms with Gasteiger partial charge < -0.3 is 10.1 Å². The van der Waals surface area contributed by atoms with Crippen LogP contribution in [0.1, 0.15) is 38.4 Å². The number of anilines is 1. The molecule has 0 spiro atoms. The van der Waals surface area contributed by atoms with Crippen LogP contribution >= 0.6 is 12.2 Å². The van der Waals surface area contributed by atoms with E-state index in [0.717, 1.165) is 29.1 Å². The lowest BCUT2D eigenvalue weighted by atomic mass is 10.0. The molecule has 150 valence electrons. The first-order valence-corrected chi connectivity index (χ1v) is 9.65. The average Bonchev–Trinajstić information content (AvgIpc) is 3.01. The number of methoxy groups -OCH3 is 1. The van der Waals surface area contributed by atoms with Crippen molar-refractivity contribution >= 4 is 28.9 Å². The number of aromatic nitrogens is 2. The predicted molar refractivity (Wildman–Crippen MR) is 119 cm³/mol. The summed E-state index contributed by atoms with van der Waals surface area (Å²) < 4.78 is 5.34. The van der Waals surface area contributed by atoms with E-state index in [2.05, 4.69) is 20.8 Å². The van der Waals surface area contributed by atoms with E-state index < -0.39 is 0 Å². The fourth-order valence-corrected chi connectivity index (χ4v) is 3.39. The van der Waals surface area contributed by atoms with Gasteiger partial charge in [0.25, 0.3) is 5.91 Å². The maximum Gasteiger partial charge on any atom is 0.261 e. The van der Waals surface area contributed by atoms with Crippen LogP contribution in [0, 0.1) is 20.8 Å². The third-order valence-corrected chi connectivity index (χ3v) is 4.97. The van der Waals surface area contributed by atoms with E-state index in [1.165, 1.54) is 11.1 Å².